The van der Waals surface area contributed by atoms with Crippen molar-refractivity contribution in [2.24, 2.45) is 0 Å². The minimum absolute atomic E-state index is 0.223. The van der Waals surface area contributed by atoms with Gasteiger partial charge in [-0.1, -0.05) is 48.0 Å². The van der Waals surface area contributed by atoms with E-state index in [1.54, 1.807) is 18.2 Å². The number of hydrogen-bond donors (Lipinski definition) is 0. The van der Waals surface area contributed by atoms with Crippen molar-refractivity contribution in [2.45, 2.75) is 13.5 Å². The molecule has 23 heavy (non-hydrogen) atoms. The Hall–Kier alpha value is -2.40. The van der Waals surface area contributed by atoms with E-state index in [9.17, 15) is 14.0 Å². The maximum Gasteiger partial charge on any atom is 0.293 e. The smallest absolute Gasteiger partial charge is 0.268 e. The van der Waals surface area contributed by atoms with Crippen LogP contribution in [0.15, 0.2) is 53.4 Å². The summed E-state index contributed by atoms with van der Waals surface area (Å²) in [5.74, 6) is -0.803. The molecule has 1 aliphatic rings. The second kappa shape index (κ2) is 6.38. The number of nitrogens with zero attached hydrogens (tertiary/aromatic N) is 1. The lowest BCUT2D eigenvalue weighted by molar-refractivity contribution is -0.123. The monoisotopic (exact) mass is 327 g/mol. The molecule has 0 aromatic heterocycles. The Labute approximate surface area is 137 Å². The van der Waals surface area contributed by atoms with Crippen molar-refractivity contribution >= 4 is 29.0 Å². The van der Waals surface area contributed by atoms with Gasteiger partial charge in [0.15, 0.2) is 0 Å². The molecule has 0 bridgehead atoms. The normalized spacial score (nSPS) is 16.4. The van der Waals surface area contributed by atoms with Gasteiger partial charge in [-0.05, 0) is 36.4 Å². The number of imide groups is 1. The standard InChI is InChI=1S/C18H14FNO2S/c1-12-5-4-6-13(9-12)11-20-17(21)16(23-18(20)22)10-14-7-2-3-8-15(14)19/h2-10H,11H2,1H3/b16-10-. The van der Waals surface area contributed by atoms with Gasteiger partial charge in [0.2, 0.25) is 0 Å². The van der Waals surface area contributed by atoms with E-state index in [1.807, 2.05) is 31.2 Å². The molecule has 3 rings (SSSR count). The van der Waals surface area contributed by atoms with Gasteiger partial charge in [-0.25, -0.2) is 4.39 Å². The molecule has 0 aliphatic carbocycles. The van der Waals surface area contributed by atoms with Crippen molar-refractivity contribution in [3.05, 3.63) is 75.9 Å². The third-order valence-corrected chi connectivity index (χ3v) is 4.40. The van der Waals surface area contributed by atoms with Crippen LogP contribution in [-0.2, 0) is 11.3 Å². The molecule has 116 valence electrons. The van der Waals surface area contributed by atoms with E-state index < -0.39 is 5.82 Å². The average Bonchev–Trinajstić information content (AvgIpc) is 2.77. The first kappa shape index (κ1) is 15.5. The topological polar surface area (TPSA) is 37.4 Å². The Bertz CT molecular complexity index is 816. The van der Waals surface area contributed by atoms with E-state index in [0.717, 1.165) is 22.9 Å². The van der Waals surface area contributed by atoms with Crippen molar-refractivity contribution in [1.29, 1.82) is 0 Å². The highest BCUT2D eigenvalue weighted by atomic mass is 32.2. The van der Waals surface area contributed by atoms with E-state index in [0.29, 0.717) is 5.56 Å². The van der Waals surface area contributed by atoms with Crippen LogP contribution in [0.2, 0.25) is 0 Å². The summed E-state index contributed by atoms with van der Waals surface area (Å²) in [5.41, 5.74) is 2.25. The summed E-state index contributed by atoms with van der Waals surface area (Å²) >= 11 is 0.841. The lowest BCUT2D eigenvalue weighted by atomic mass is 10.1. The average molecular weight is 327 g/mol. The second-order valence-electron chi connectivity index (χ2n) is 5.28. The molecular formula is C18H14FNO2S. The number of aryl methyl sites for hydroxylation is 1. The molecule has 0 radical (unpaired) electrons. The number of amides is 2. The summed E-state index contributed by atoms with van der Waals surface area (Å²) in [6, 6.07) is 13.8. The highest BCUT2D eigenvalue weighted by Crippen LogP contribution is 2.33. The van der Waals surface area contributed by atoms with E-state index in [2.05, 4.69) is 0 Å². The number of hydrogen-bond acceptors (Lipinski definition) is 3. The predicted octanol–water partition coefficient (Wildman–Crippen LogP) is 4.37. The number of thioether (sulfide) groups is 1. The lowest BCUT2D eigenvalue weighted by Crippen LogP contribution is -2.27. The first-order valence-corrected chi connectivity index (χ1v) is 7.92. The number of halogens is 1. The molecule has 5 heteroatoms. The first-order valence-electron chi connectivity index (χ1n) is 7.10. The van der Waals surface area contributed by atoms with Crippen molar-refractivity contribution in [3.8, 4) is 0 Å². The van der Waals surface area contributed by atoms with Crippen LogP contribution in [0.5, 0.6) is 0 Å². The summed E-state index contributed by atoms with van der Waals surface area (Å²) in [6.07, 6.45) is 1.43. The van der Waals surface area contributed by atoms with Crippen molar-refractivity contribution in [3.63, 3.8) is 0 Å². The number of benzene rings is 2. The first-order chi connectivity index (χ1) is 11.0. The van der Waals surface area contributed by atoms with Gasteiger partial charge < -0.3 is 0 Å². The molecule has 1 aliphatic heterocycles. The van der Waals surface area contributed by atoms with Crippen LogP contribution in [0.4, 0.5) is 9.18 Å². The van der Waals surface area contributed by atoms with Gasteiger partial charge in [-0.2, -0.15) is 0 Å². The molecule has 0 unspecified atom stereocenters. The summed E-state index contributed by atoms with van der Waals surface area (Å²) < 4.78 is 13.7. The van der Waals surface area contributed by atoms with Crippen molar-refractivity contribution in [1.82, 2.24) is 4.90 Å². The molecular weight excluding hydrogens is 313 g/mol. The molecule has 0 saturated carbocycles. The molecule has 0 atom stereocenters. The minimum Gasteiger partial charge on any atom is -0.268 e. The maximum absolute atomic E-state index is 13.7. The molecule has 2 amide bonds. The third-order valence-electron chi connectivity index (χ3n) is 3.49. The van der Waals surface area contributed by atoms with Gasteiger partial charge in [-0.15, -0.1) is 0 Å². The summed E-state index contributed by atoms with van der Waals surface area (Å²) in [4.78, 5) is 25.9. The van der Waals surface area contributed by atoms with Crippen molar-refractivity contribution < 1.29 is 14.0 Å². The van der Waals surface area contributed by atoms with E-state index in [4.69, 9.17) is 0 Å². The zero-order chi connectivity index (χ0) is 16.4. The van der Waals surface area contributed by atoms with Gasteiger partial charge >= 0.3 is 0 Å². The number of rotatable bonds is 3. The molecule has 2 aromatic carbocycles. The fourth-order valence-corrected chi connectivity index (χ4v) is 3.19. The zero-order valence-corrected chi connectivity index (χ0v) is 13.3. The largest absolute Gasteiger partial charge is 0.293 e. The highest BCUT2D eigenvalue weighted by Gasteiger charge is 2.35. The maximum atomic E-state index is 13.7. The number of carbonyl (C=O) groups is 2. The van der Waals surface area contributed by atoms with Crippen LogP contribution in [0, 0.1) is 12.7 Å². The van der Waals surface area contributed by atoms with Gasteiger partial charge in [-0.3, -0.25) is 14.5 Å². The van der Waals surface area contributed by atoms with Crippen LogP contribution in [-0.4, -0.2) is 16.0 Å². The Morgan fingerprint density at radius 1 is 1.13 bits per heavy atom. The third kappa shape index (κ3) is 3.35. The van der Waals surface area contributed by atoms with Gasteiger partial charge in [0, 0.05) is 5.56 Å². The fraction of sp³-hybridized carbons (Fsp3) is 0.111. The van der Waals surface area contributed by atoms with Crippen LogP contribution in [0.25, 0.3) is 6.08 Å². The van der Waals surface area contributed by atoms with Gasteiger partial charge in [0.25, 0.3) is 11.1 Å². The van der Waals surface area contributed by atoms with Crippen LogP contribution in [0.3, 0.4) is 0 Å². The van der Waals surface area contributed by atoms with Crippen LogP contribution >= 0.6 is 11.8 Å². The minimum atomic E-state index is -0.419. The van der Waals surface area contributed by atoms with Crippen LogP contribution in [0.1, 0.15) is 16.7 Å². The Morgan fingerprint density at radius 3 is 2.65 bits per heavy atom. The Kier molecular flexibility index (Phi) is 4.30. The molecule has 0 N–H and O–H groups in total. The van der Waals surface area contributed by atoms with E-state index >= 15 is 0 Å². The molecule has 1 heterocycles. The summed E-state index contributed by atoms with van der Waals surface area (Å²) in [6.45, 7) is 2.18. The Balaban J connectivity index is 1.84. The van der Waals surface area contributed by atoms with E-state index in [1.165, 1.54) is 17.0 Å². The molecule has 3 nitrogen and oxygen atoms in total. The number of carbonyl (C=O) groups excluding carboxylic acids is 2. The summed E-state index contributed by atoms with van der Waals surface area (Å²) in [7, 11) is 0. The van der Waals surface area contributed by atoms with Gasteiger partial charge in [0.1, 0.15) is 5.82 Å². The Morgan fingerprint density at radius 2 is 1.91 bits per heavy atom. The fourth-order valence-electron chi connectivity index (χ4n) is 2.36. The molecule has 1 fully saturated rings. The molecule has 1 saturated heterocycles. The van der Waals surface area contributed by atoms with Crippen LogP contribution < -0.4 is 0 Å². The summed E-state index contributed by atoms with van der Waals surface area (Å²) in [5, 5.41) is -0.334. The quantitative estimate of drug-likeness (QED) is 0.786. The molecule has 2 aromatic rings. The predicted molar refractivity (Wildman–Crippen MR) is 89.1 cm³/mol. The lowest BCUT2D eigenvalue weighted by Gasteiger charge is -2.12. The van der Waals surface area contributed by atoms with Gasteiger partial charge in [0.05, 0.1) is 11.4 Å². The zero-order valence-electron chi connectivity index (χ0n) is 12.5. The second-order valence-corrected chi connectivity index (χ2v) is 6.27. The van der Waals surface area contributed by atoms with Crippen molar-refractivity contribution in [2.75, 3.05) is 0 Å². The van der Waals surface area contributed by atoms with E-state index in [-0.39, 0.29) is 22.6 Å². The molecule has 0 spiro atoms. The highest BCUT2D eigenvalue weighted by molar-refractivity contribution is 8.18. The SMILES string of the molecule is Cc1cccc(CN2C(=O)S/C(=C\c3ccccc3F)C2=O)c1.